The van der Waals surface area contributed by atoms with E-state index in [1.165, 1.54) is 10.2 Å². The zero-order valence-corrected chi connectivity index (χ0v) is 17.2. The molecule has 30 heavy (non-hydrogen) atoms. The van der Waals surface area contributed by atoms with Crippen LogP contribution in [0.15, 0.2) is 64.2 Å². The molecule has 0 aliphatic heterocycles. The zero-order valence-electron chi connectivity index (χ0n) is 17.2. The van der Waals surface area contributed by atoms with Crippen LogP contribution in [0.1, 0.15) is 43.6 Å². The van der Waals surface area contributed by atoms with Gasteiger partial charge in [-0.25, -0.2) is 4.68 Å². The van der Waals surface area contributed by atoms with Gasteiger partial charge in [0.05, 0.1) is 17.3 Å². The summed E-state index contributed by atoms with van der Waals surface area (Å²) in [5.41, 5.74) is 0.791. The van der Waals surface area contributed by atoms with Gasteiger partial charge in [0.1, 0.15) is 0 Å². The van der Waals surface area contributed by atoms with Crippen molar-refractivity contribution in [2.75, 3.05) is 7.05 Å². The highest BCUT2D eigenvalue weighted by atomic mass is 16.2. The van der Waals surface area contributed by atoms with Crippen molar-refractivity contribution in [3.8, 4) is 0 Å². The van der Waals surface area contributed by atoms with Gasteiger partial charge < -0.3 is 4.90 Å². The lowest BCUT2D eigenvalue weighted by Gasteiger charge is -2.35. The number of fused-ring (bicyclic) bond motifs is 1. The highest BCUT2D eigenvalue weighted by Gasteiger charge is 2.27. The maximum atomic E-state index is 12.7. The summed E-state index contributed by atoms with van der Waals surface area (Å²) < 4.78 is 1.25. The Morgan fingerprint density at radius 2 is 1.60 bits per heavy atom. The Balaban J connectivity index is 1.37. The number of nitrogens with one attached hydrogen (secondary N) is 1. The van der Waals surface area contributed by atoms with Crippen molar-refractivity contribution < 1.29 is 4.79 Å². The summed E-state index contributed by atoms with van der Waals surface area (Å²) in [5.74, 6) is 0.561. The Kier molecular flexibility index (Phi) is 5.84. The molecular formula is C24H27N3O3. The Labute approximate surface area is 175 Å². The number of benzene rings is 2. The second-order valence-electron chi connectivity index (χ2n) is 8.11. The van der Waals surface area contributed by atoms with E-state index in [0.717, 1.165) is 25.7 Å². The van der Waals surface area contributed by atoms with E-state index >= 15 is 0 Å². The van der Waals surface area contributed by atoms with Crippen molar-refractivity contribution >= 4 is 16.7 Å². The second kappa shape index (κ2) is 8.69. The average molecular weight is 405 g/mol. The van der Waals surface area contributed by atoms with Crippen molar-refractivity contribution in [1.82, 2.24) is 14.7 Å². The molecule has 0 radical (unpaired) electrons. The molecule has 1 aliphatic carbocycles. The van der Waals surface area contributed by atoms with Gasteiger partial charge in [-0.05, 0) is 49.3 Å². The molecular weight excluding hydrogens is 378 g/mol. The minimum absolute atomic E-state index is 0.000862. The van der Waals surface area contributed by atoms with E-state index < -0.39 is 0 Å². The molecule has 156 valence electrons. The maximum Gasteiger partial charge on any atom is 0.273 e. The number of nitrogens with zero attached hydrogens (tertiary/aromatic N) is 2. The molecule has 6 nitrogen and oxygen atoms in total. The number of aromatic nitrogens is 2. The van der Waals surface area contributed by atoms with E-state index in [4.69, 9.17) is 0 Å². The van der Waals surface area contributed by atoms with Crippen LogP contribution in [0.4, 0.5) is 0 Å². The highest BCUT2D eigenvalue weighted by molar-refractivity contribution is 5.80. The molecule has 4 rings (SSSR count). The van der Waals surface area contributed by atoms with Gasteiger partial charge in [-0.15, -0.1) is 0 Å². The third-order valence-corrected chi connectivity index (χ3v) is 6.34. The maximum absolute atomic E-state index is 12.7. The molecule has 2 aromatic carbocycles. The molecule has 1 aliphatic rings. The minimum atomic E-state index is -0.315. The molecule has 1 fully saturated rings. The number of hydrogen-bond acceptors (Lipinski definition) is 3. The van der Waals surface area contributed by atoms with Crippen LogP contribution >= 0.6 is 0 Å². The molecule has 1 amide bonds. The molecule has 1 heterocycles. The van der Waals surface area contributed by atoms with Gasteiger partial charge in [0.25, 0.3) is 11.1 Å². The fraction of sp³-hybridized carbons (Fsp3) is 0.375. The molecule has 0 saturated heterocycles. The number of carbonyl (C=O) groups excluding carboxylic acids is 1. The van der Waals surface area contributed by atoms with Crippen LogP contribution < -0.4 is 11.1 Å². The fourth-order valence-electron chi connectivity index (χ4n) is 4.51. The van der Waals surface area contributed by atoms with Crippen molar-refractivity contribution in [1.29, 1.82) is 0 Å². The molecule has 1 saturated carbocycles. The lowest BCUT2D eigenvalue weighted by atomic mass is 9.81. The molecule has 0 atom stereocenters. The third-order valence-electron chi connectivity index (χ3n) is 6.34. The van der Waals surface area contributed by atoms with Gasteiger partial charge in [0.15, 0.2) is 0 Å². The van der Waals surface area contributed by atoms with Crippen LogP contribution in [-0.2, 0) is 11.3 Å². The van der Waals surface area contributed by atoms with Crippen LogP contribution in [0, 0.1) is 0 Å². The van der Waals surface area contributed by atoms with E-state index in [0.29, 0.717) is 16.7 Å². The predicted molar refractivity (Wildman–Crippen MR) is 118 cm³/mol. The van der Waals surface area contributed by atoms with Crippen LogP contribution in [0.5, 0.6) is 0 Å². The van der Waals surface area contributed by atoms with Gasteiger partial charge >= 0.3 is 0 Å². The Bertz CT molecular complexity index is 1140. The summed E-state index contributed by atoms with van der Waals surface area (Å²) in [6, 6.07) is 17.5. The molecule has 0 spiro atoms. The van der Waals surface area contributed by atoms with Gasteiger partial charge in [-0.2, -0.15) is 0 Å². The number of aromatic amines is 1. The van der Waals surface area contributed by atoms with E-state index in [2.05, 4.69) is 29.4 Å². The summed E-state index contributed by atoms with van der Waals surface area (Å²) in [6.45, 7) is 0.168. The molecule has 3 aromatic rings. The van der Waals surface area contributed by atoms with Gasteiger partial charge in [0, 0.05) is 19.5 Å². The first-order chi connectivity index (χ1) is 14.5. The first-order valence-electron chi connectivity index (χ1n) is 10.6. The average Bonchev–Trinajstić information content (AvgIpc) is 2.80. The minimum Gasteiger partial charge on any atom is -0.343 e. The van der Waals surface area contributed by atoms with Crippen LogP contribution in [0.25, 0.3) is 10.8 Å². The van der Waals surface area contributed by atoms with Crippen LogP contribution in [0.2, 0.25) is 0 Å². The SMILES string of the molecule is CN(C(=O)CCn1[nH]c(=O)c2ccccc2c1=O)C1CCC(c2ccccc2)CC1. The molecule has 0 bridgehead atoms. The van der Waals surface area contributed by atoms with Gasteiger partial charge in [-0.1, -0.05) is 42.5 Å². The van der Waals surface area contributed by atoms with Crippen LogP contribution in [0.3, 0.4) is 0 Å². The summed E-state index contributed by atoms with van der Waals surface area (Å²) in [6.07, 6.45) is 4.29. The monoisotopic (exact) mass is 405 g/mol. The van der Waals surface area contributed by atoms with Crippen molar-refractivity contribution in [2.45, 2.75) is 50.6 Å². The molecule has 0 unspecified atom stereocenters. The van der Waals surface area contributed by atoms with Gasteiger partial charge in [0.2, 0.25) is 5.91 Å². The lowest BCUT2D eigenvalue weighted by molar-refractivity contribution is -0.132. The normalized spacial score (nSPS) is 19.0. The number of amides is 1. The quantitative estimate of drug-likeness (QED) is 0.708. The number of H-pyrrole nitrogens is 1. The highest BCUT2D eigenvalue weighted by Crippen LogP contribution is 2.34. The summed E-state index contributed by atoms with van der Waals surface area (Å²) in [4.78, 5) is 39.4. The fourth-order valence-corrected chi connectivity index (χ4v) is 4.51. The largest absolute Gasteiger partial charge is 0.343 e. The standard InChI is InChI=1S/C24H27N3O3/c1-26(19-13-11-18(12-14-19)17-7-3-2-4-8-17)22(28)15-16-27-24(30)21-10-6-5-9-20(21)23(29)25-27/h2-10,18-19H,11-16H2,1H3,(H,25,29). The second-order valence-corrected chi connectivity index (χ2v) is 8.11. The van der Waals surface area contributed by atoms with Crippen LogP contribution in [-0.4, -0.2) is 33.7 Å². The number of aryl methyl sites for hydroxylation is 1. The summed E-state index contributed by atoms with van der Waals surface area (Å²) in [7, 11) is 1.85. The summed E-state index contributed by atoms with van der Waals surface area (Å²) >= 11 is 0. The molecule has 1 N–H and O–H groups in total. The molecule has 1 aromatic heterocycles. The molecule has 6 heteroatoms. The first-order valence-corrected chi connectivity index (χ1v) is 10.6. The van der Waals surface area contributed by atoms with Crippen molar-refractivity contribution in [2.24, 2.45) is 0 Å². The van der Waals surface area contributed by atoms with Crippen molar-refractivity contribution in [3.05, 3.63) is 80.9 Å². The Morgan fingerprint density at radius 1 is 0.967 bits per heavy atom. The lowest BCUT2D eigenvalue weighted by Crippen LogP contribution is -2.40. The van der Waals surface area contributed by atoms with E-state index in [-0.39, 0.29) is 36.0 Å². The summed E-state index contributed by atoms with van der Waals surface area (Å²) in [5, 5.41) is 3.34. The zero-order chi connectivity index (χ0) is 21.1. The number of rotatable bonds is 5. The Hall–Kier alpha value is -3.15. The van der Waals surface area contributed by atoms with E-state index in [1.54, 1.807) is 24.3 Å². The van der Waals surface area contributed by atoms with E-state index in [1.807, 2.05) is 18.0 Å². The topological polar surface area (TPSA) is 75.2 Å². The van der Waals surface area contributed by atoms with E-state index in [9.17, 15) is 14.4 Å². The Morgan fingerprint density at radius 3 is 2.30 bits per heavy atom. The van der Waals surface area contributed by atoms with Crippen molar-refractivity contribution in [3.63, 3.8) is 0 Å². The number of hydrogen-bond donors (Lipinski definition) is 1. The number of carbonyl (C=O) groups is 1. The predicted octanol–water partition coefficient (Wildman–Crippen LogP) is 3.26. The smallest absolute Gasteiger partial charge is 0.273 e. The van der Waals surface area contributed by atoms with Gasteiger partial charge in [-0.3, -0.25) is 19.5 Å². The first kappa shape index (κ1) is 20.1. The third kappa shape index (κ3) is 4.08.